The molecule has 0 N–H and O–H groups in total. The molecule has 44 heavy (non-hydrogen) atoms. The molecule has 1 aliphatic carbocycles. The van der Waals surface area contributed by atoms with Crippen molar-refractivity contribution in [3.8, 4) is 11.1 Å². The Hall–Kier alpha value is -4.20. The predicted octanol–water partition coefficient (Wildman–Crippen LogP) is 5.08. The van der Waals surface area contributed by atoms with Crippen LogP contribution in [0.1, 0.15) is 71.2 Å². The van der Waals surface area contributed by atoms with Crippen LogP contribution in [0.3, 0.4) is 0 Å². The SMILES string of the molecule is CCOC(=O)C1=C(C)N=c2s/c(=C/c3cc(C)n(-c4sc5c(c4C#N)CCCC5)c3C)c(=O)n2[C@@H]1c1ccc(N(C)C)cc1. The van der Waals surface area contributed by atoms with Crippen LogP contribution in [0.2, 0.25) is 0 Å². The molecule has 0 spiro atoms. The Labute approximate surface area is 264 Å². The van der Waals surface area contributed by atoms with Crippen LogP contribution < -0.4 is 19.8 Å². The summed E-state index contributed by atoms with van der Waals surface area (Å²) >= 11 is 3.03. The summed E-state index contributed by atoms with van der Waals surface area (Å²) in [5.74, 6) is -0.472. The molecule has 0 bridgehead atoms. The largest absolute Gasteiger partial charge is 0.463 e. The van der Waals surface area contributed by atoms with Gasteiger partial charge in [0.15, 0.2) is 4.80 Å². The van der Waals surface area contributed by atoms with E-state index in [4.69, 9.17) is 9.73 Å². The van der Waals surface area contributed by atoms with Crippen molar-refractivity contribution in [3.63, 3.8) is 0 Å². The Bertz CT molecular complexity index is 2050. The highest BCUT2D eigenvalue weighted by atomic mass is 32.1. The van der Waals surface area contributed by atoms with Gasteiger partial charge in [-0.2, -0.15) is 5.26 Å². The minimum Gasteiger partial charge on any atom is -0.463 e. The first-order chi connectivity index (χ1) is 21.1. The second kappa shape index (κ2) is 11.7. The highest BCUT2D eigenvalue weighted by molar-refractivity contribution is 7.15. The van der Waals surface area contributed by atoms with Gasteiger partial charge in [-0.3, -0.25) is 9.36 Å². The van der Waals surface area contributed by atoms with E-state index in [1.807, 2.05) is 63.2 Å². The topological polar surface area (TPSA) is 92.6 Å². The first kappa shape index (κ1) is 29.9. The standard InChI is InChI=1S/C34H35N5O3S2/c1-7-42-33(41)29-20(3)36-34-39(30(29)22-12-14-24(15-13-22)37(5)6)31(40)28(44-34)17-23-16-19(2)38(21(23)4)32-26(18-35)25-10-8-9-11-27(25)43-32/h12-17,30H,7-11H2,1-6H3/b28-17+/t30-/m1/s1. The predicted molar refractivity (Wildman–Crippen MR) is 176 cm³/mol. The van der Waals surface area contributed by atoms with Crippen molar-refractivity contribution in [2.75, 3.05) is 25.6 Å². The van der Waals surface area contributed by atoms with Gasteiger partial charge in [-0.05, 0) is 94.3 Å². The molecule has 0 unspecified atom stereocenters. The molecule has 4 aromatic rings. The number of carbonyl (C=O) groups is 1. The van der Waals surface area contributed by atoms with Crippen LogP contribution in [0.15, 0.2) is 51.4 Å². The van der Waals surface area contributed by atoms with E-state index in [9.17, 15) is 14.9 Å². The number of thiophene rings is 1. The third-order valence-electron chi connectivity index (χ3n) is 8.47. The first-order valence-electron chi connectivity index (χ1n) is 14.9. The van der Waals surface area contributed by atoms with E-state index in [2.05, 4.69) is 16.7 Å². The van der Waals surface area contributed by atoms with E-state index < -0.39 is 12.0 Å². The summed E-state index contributed by atoms with van der Waals surface area (Å²) in [4.78, 5) is 36.0. The van der Waals surface area contributed by atoms with E-state index in [0.29, 0.717) is 20.6 Å². The van der Waals surface area contributed by atoms with Crippen molar-refractivity contribution in [1.82, 2.24) is 9.13 Å². The molecule has 0 radical (unpaired) electrons. The number of aryl methyl sites for hydroxylation is 2. The van der Waals surface area contributed by atoms with E-state index in [1.165, 1.54) is 21.8 Å². The normalized spacial score (nSPS) is 16.3. The maximum atomic E-state index is 14.2. The quantitative estimate of drug-likeness (QED) is 0.279. The van der Waals surface area contributed by atoms with Gasteiger partial charge in [0.05, 0.1) is 34.0 Å². The Morgan fingerprint density at radius 1 is 1.16 bits per heavy atom. The van der Waals surface area contributed by atoms with E-state index in [1.54, 1.807) is 29.8 Å². The average molecular weight is 626 g/mol. The Morgan fingerprint density at radius 3 is 2.57 bits per heavy atom. The van der Waals surface area contributed by atoms with Crippen molar-refractivity contribution >= 4 is 40.4 Å². The van der Waals surface area contributed by atoms with Crippen molar-refractivity contribution < 1.29 is 9.53 Å². The van der Waals surface area contributed by atoms with Gasteiger partial charge in [-0.25, -0.2) is 9.79 Å². The van der Waals surface area contributed by atoms with Crippen LogP contribution in [-0.2, 0) is 22.4 Å². The van der Waals surface area contributed by atoms with Crippen molar-refractivity contribution in [2.24, 2.45) is 4.99 Å². The van der Waals surface area contributed by atoms with Gasteiger partial charge >= 0.3 is 5.97 Å². The highest BCUT2D eigenvalue weighted by Crippen LogP contribution is 2.38. The summed E-state index contributed by atoms with van der Waals surface area (Å²) in [6, 6.07) is 11.8. The minimum atomic E-state index is -0.660. The fourth-order valence-electron chi connectivity index (χ4n) is 6.27. The van der Waals surface area contributed by atoms with Gasteiger partial charge in [0, 0.05) is 36.0 Å². The molecule has 1 atom stereocenters. The van der Waals surface area contributed by atoms with Crippen LogP contribution in [0.25, 0.3) is 11.1 Å². The second-order valence-electron chi connectivity index (χ2n) is 11.5. The lowest BCUT2D eigenvalue weighted by Gasteiger charge is -2.25. The zero-order valence-electron chi connectivity index (χ0n) is 25.9. The summed E-state index contributed by atoms with van der Waals surface area (Å²) in [6.45, 7) is 7.87. The van der Waals surface area contributed by atoms with E-state index in [-0.39, 0.29) is 12.2 Å². The summed E-state index contributed by atoms with van der Waals surface area (Å²) in [7, 11) is 3.94. The lowest BCUT2D eigenvalue weighted by Crippen LogP contribution is -2.40. The van der Waals surface area contributed by atoms with Crippen molar-refractivity contribution in [2.45, 2.75) is 59.4 Å². The molecule has 6 rings (SSSR count). The number of hydrogen-bond donors (Lipinski definition) is 0. The number of nitrogens with zero attached hydrogens (tertiary/aromatic N) is 5. The number of ether oxygens (including phenoxy) is 1. The van der Waals surface area contributed by atoms with Crippen LogP contribution in [-0.4, -0.2) is 35.8 Å². The zero-order valence-corrected chi connectivity index (χ0v) is 27.5. The monoisotopic (exact) mass is 625 g/mol. The summed E-state index contributed by atoms with van der Waals surface area (Å²) < 4.78 is 9.75. The fraction of sp³-hybridized carbons (Fsp3) is 0.353. The van der Waals surface area contributed by atoms with E-state index >= 15 is 0 Å². The molecular formula is C34H35N5O3S2. The average Bonchev–Trinajstić information content (AvgIpc) is 3.61. The third-order valence-corrected chi connectivity index (χ3v) is 10.7. The van der Waals surface area contributed by atoms with Gasteiger partial charge < -0.3 is 14.2 Å². The van der Waals surface area contributed by atoms with Crippen LogP contribution in [0, 0.1) is 25.2 Å². The minimum absolute atomic E-state index is 0.209. The first-order valence-corrected chi connectivity index (χ1v) is 16.5. The van der Waals surface area contributed by atoms with Crippen molar-refractivity contribution in [1.29, 1.82) is 5.26 Å². The number of fused-ring (bicyclic) bond motifs is 2. The summed E-state index contributed by atoms with van der Waals surface area (Å²) in [6.07, 6.45) is 6.16. The molecule has 4 heterocycles. The second-order valence-corrected chi connectivity index (χ2v) is 13.5. The Kier molecular flexibility index (Phi) is 7.95. The fourth-order valence-corrected chi connectivity index (χ4v) is 8.76. The molecule has 0 fully saturated rings. The van der Waals surface area contributed by atoms with Gasteiger partial charge in [-0.1, -0.05) is 23.5 Å². The maximum Gasteiger partial charge on any atom is 0.338 e. The maximum absolute atomic E-state index is 14.2. The number of esters is 1. The number of benzene rings is 1. The van der Waals surface area contributed by atoms with Gasteiger partial charge in [0.2, 0.25) is 0 Å². The molecule has 0 saturated heterocycles. The Balaban J connectivity index is 1.50. The number of aromatic nitrogens is 2. The number of nitriles is 1. The van der Waals surface area contributed by atoms with Crippen LogP contribution in [0.5, 0.6) is 0 Å². The number of hydrogen-bond acceptors (Lipinski definition) is 8. The molecule has 10 heteroatoms. The molecule has 0 amide bonds. The zero-order chi connectivity index (χ0) is 31.3. The Morgan fingerprint density at radius 2 is 1.89 bits per heavy atom. The molecule has 226 valence electrons. The van der Waals surface area contributed by atoms with Crippen LogP contribution in [0.4, 0.5) is 5.69 Å². The molecule has 3 aromatic heterocycles. The number of carbonyl (C=O) groups excluding carboxylic acids is 1. The lowest BCUT2D eigenvalue weighted by molar-refractivity contribution is -0.139. The molecule has 0 saturated carbocycles. The lowest BCUT2D eigenvalue weighted by atomic mass is 9.95. The summed E-state index contributed by atoms with van der Waals surface area (Å²) in [5.41, 5.74) is 7.40. The molecular weight excluding hydrogens is 591 g/mol. The molecule has 1 aliphatic heterocycles. The van der Waals surface area contributed by atoms with Gasteiger partial charge in [0.1, 0.15) is 11.1 Å². The molecule has 2 aliphatic rings. The highest BCUT2D eigenvalue weighted by Gasteiger charge is 2.33. The van der Waals surface area contributed by atoms with Gasteiger partial charge in [-0.15, -0.1) is 11.3 Å². The number of thiazole rings is 1. The van der Waals surface area contributed by atoms with E-state index in [0.717, 1.165) is 64.4 Å². The number of anilines is 1. The molecule has 1 aromatic carbocycles. The number of rotatable bonds is 6. The third kappa shape index (κ3) is 4.94. The van der Waals surface area contributed by atoms with Crippen LogP contribution >= 0.6 is 22.7 Å². The van der Waals surface area contributed by atoms with Crippen molar-refractivity contribution in [3.05, 3.63) is 99.8 Å². The molecule has 8 nitrogen and oxygen atoms in total. The summed E-state index contributed by atoms with van der Waals surface area (Å²) in [5, 5.41) is 11.1. The van der Waals surface area contributed by atoms with Gasteiger partial charge in [0.25, 0.3) is 5.56 Å². The number of allylic oxidation sites excluding steroid dienone is 1. The smallest absolute Gasteiger partial charge is 0.338 e.